The van der Waals surface area contributed by atoms with Gasteiger partial charge in [0.05, 0.1) is 24.5 Å². The normalized spacial score (nSPS) is 10.6. The third-order valence-electron chi connectivity index (χ3n) is 2.64. The molecule has 0 saturated carbocycles. The Balaban J connectivity index is 2.17. The second-order valence-electron chi connectivity index (χ2n) is 3.75. The smallest absolute Gasteiger partial charge is 0.305 e. The largest absolute Gasteiger partial charge is 0.469 e. The van der Waals surface area contributed by atoms with Crippen molar-refractivity contribution >= 4 is 17.0 Å². The molecule has 0 spiro atoms. The molecule has 1 aromatic carbocycles. The van der Waals surface area contributed by atoms with Crippen molar-refractivity contribution < 1.29 is 9.53 Å². The molecule has 0 aliphatic heterocycles. The lowest BCUT2D eigenvalue weighted by molar-refractivity contribution is -0.140. The van der Waals surface area contributed by atoms with Gasteiger partial charge in [-0.05, 0) is 24.1 Å². The second-order valence-corrected chi connectivity index (χ2v) is 3.75. The van der Waals surface area contributed by atoms with E-state index in [-0.39, 0.29) is 5.97 Å². The van der Waals surface area contributed by atoms with E-state index in [1.165, 1.54) is 7.11 Å². The molecule has 4 heteroatoms. The number of hydrogen-bond donors (Lipinski definition) is 0. The van der Waals surface area contributed by atoms with E-state index >= 15 is 0 Å². The molecule has 0 aliphatic carbocycles. The summed E-state index contributed by atoms with van der Waals surface area (Å²) in [6.07, 6.45) is 2.89. The number of esters is 1. The van der Waals surface area contributed by atoms with E-state index in [0.717, 1.165) is 16.6 Å². The van der Waals surface area contributed by atoms with Crippen LogP contribution in [0.25, 0.3) is 11.0 Å². The summed E-state index contributed by atoms with van der Waals surface area (Å²) in [6.45, 7) is 0. The maximum absolute atomic E-state index is 11.0. The van der Waals surface area contributed by atoms with E-state index in [0.29, 0.717) is 12.8 Å². The molecule has 0 bridgehead atoms. The van der Waals surface area contributed by atoms with E-state index in [1.807, 2.05) is 29.8 Å². The van der Waals surface area contributed by atoms with Crippen LogP contribution in [-0.4, -0.2) is 22.6 Å². The van der Waals surface area contributed by atoms with Crippen LogP contribution in [0.15, 0.2) is 24.5 Å². The summed E-state index contributed by atoms with van der Waals surface area (Å²) in [7, 11) is 3.37. The number of benzene rings is 1. The maximum Gasteiger partial charge on any atom is 0.305 e. The lowest BCUT2D eigenvalue weighted by Crippen LogP contribution is -2.01. The highest BCUT2D eigenvalue weighted by atomic mass is 16.5. The van der Waals surface area contributed by atoms with Crippen LogP contribution >= 0.6 is 0 Å². The van der Waals surface area contributed by atoms with Crippen molar-refractivity contribution in [2.24, 2.45) is 7.05 Å². The summed E-state index contributed by atoms with van der Waals surface area (Å²) in [5, 5.41) is 0. The Bertz CT molecular complexity index is 517. The van der Waals surface area contributed by atoms with Crippen LogP contribution in [0.5, 0.6) is 0 Å². The van der Waals surface area contributed by atoms with Gasteiger partial charge in [0.15, 0.2) is 0 Å². The average Bonchev–Trinajstić information content (AvgIpc) is 2.67. The molecular weight excluding hydrogens is 204 g/mol. The molecule has 0 N–H and O–H groups in total. The van der Waals surface area contributed by atoms with Gasteiger partial charge >= 0.3 is 5.97 Å². The molecule has 16 heavy (non-hydrogen) atoms. The van der Waals surface area contributed by atoms with Crippen molar-refractivity contribution in [3.8, 4) is 0 Å². The van der Waals surface area contributed by atoms with Crippen molar-refractivity contribution in [1.82, 2.24) is 9.55 Å². The minimum absolute atomic E-state index is 0.180. The Labute approximate surface area is 93.9 Å². The number of fused-ring (bicyclic) bond motifs is 1. The molecule has 0 aliphatic rings. The van der Waals surface area contributed by atoms with Gasteiger partial charge in [-0.25, -0.2) is 4.98 Å². The van der Waals surface area contributed by atoms with Crippen LogP contribution in [0.1, 0.15) is 12.0 Å². The highest BCUT2D eigenvalue weighted by Crippen LogP contribution is 2.15. The first-order chi connectivity index (χ1) is 7.70. The monoisotopic (exact) mass is 218 g/mol. The summed E-state index contributed by atoms with van der Waals surface area (Å²) in [5.74, 6) is -0.180. The van der Waals surface area contributed by atoms with Gasteiger partial charge in [0, 0.05) is 13.5 Å². The Kier molecular flexibility index (Phi) is 2.90. The number of imidazole rings is 1. The highest BCUT2D eigenvalue weighted by Gasteiger charge is 2.04. The van der Waals surface area contributed by atoms with E-state index in [4.69, 9.17) is 0 Å². The van der Waals surface area contributed by atoms with Crippen LogP contribution in [0.2, 0.25) is 0 Å². The molecule has 0 fully saturated rings. The topological polar surface area (TPSA) is 44.1 Å². The molecule has 84 valence electrons. The number of methoxy groups -OCH3 is 1. The first kappa shape index (κ1) is 10.7. The van der Waals surface area contributed by atoms with Crippen LogP contribution in [0.3, 0.4) is 0 Å². The van der Waals surface area contributed by atoms with Crippen molar-refractivity contribution in [3.63, 3.8) is 0 Å². The first-order valence-electron chi connectivity index (χ1n) is 5.17. The fourth-order valence-electron chi connectivity index (χ4n) is 1.69. The zero-order valence-electron chi connectivity index (χ0n) is 9.43. The standard InChI is InChI=1S/C12H14N2O2/c1-14-8-13-10-7-9(3-5-11(10)14)4-6-12(15)16-2/h3,5,7-8H,4,6H2,1-2H3. The SMILES string of the molecule is COC(=O)CCc1ccc2c(c1)ncn2C. The van der Waals surface area contributed by atoms with E-state index in [2.05, 4.69) is 9.72 Å². The number of carbonyl (C=O) groups is 1. The molecule has 0 saturated heterocycles. The van der Waals surface area contributed by atoms with E-state index in [9.17, 15) is 4.79 Å². The quantitative estimate of drug-likeness (QED) is 0.736. The minimum atomic E-state index is -0.180. The molecule has 4 nitrogen and oxygen atoms in total. The summed E-state index contributed by atoms with van der Waals surface area (Å²) >= 11 is 0. The summed E-state index contributed by atoms with van der Waals surface area (Å²) in [4.78, 5) is 15.3. The number of carbonyl (C=O) groups excluding carboxylic acids is 1. The van der Waals surface area contributed by atoms with Gasteiger partial charge < -0.3 is 9.30 Å². The van der Waals surface area contributed by atoms with Gasteiger partial charge in [-0.2, -0.15) is 0 Å². The zero-order valence-corrected chi connectivity index (χ0v) is 9.43. The molecule has 0 amide bonds. The third kappa shape index (κ3) is 2.05. The van der Waals surface area contributed by atoms with E-state index in [1.54, 1.807) is 6.33 Å². The minimum Gasteiger partial charge on any atom is -0.469 e. The number of ether oxygens (including phenoxy) is 1. The number of aromatic nitrogens is 2. The van der Waals surface area contributed by atoms with E-state index < -0.39 is 0 Å². The van der Waals surface area contributed by atoms with Gasteiger partial charge in [0.1, 0.15) is 0 Å². The molecule has 1 heterocycles. The molecular formula is C12H14N2O2. The molecule has 1 aromatic heterocycles. The van der Waals surface area contributed by atoms with Gasteiger partial charge in [-0.3, -0.25) is 4.79 Å². The van der Waals surface area contributed by atoms with Crippen molar-refractivity contribution in [3.05, 3.63) is 30.1 Å². The van der Waals surface area contributed by atoms with Gasteiger partial charge in [-0.1, -0.05) is 6.07 Å². The fraction of sp³-hybridized carbons (Fsp3) is 0.333. The molecule has 0 radical (unpaired) electrons. The number of aryl methyl sites for hydroxylation is 2. The maximum atomic E-state index is 11.0. The third-order valence-corrected chi connectivity index (χ3v) is 2.64. The predicted octanol–water partition coefficient (Wildman–Crippen LogP) is 1.68. The van der Waals surface area contributed by atoms with Gasteiger partial charge in [0.2, 0.25) is 0 Å². The molecule has 2 rings (SSSR count). The lowest BCUT2D eigenvalue weighted by atomic mass is 10.1. The summed E-state index contributed by atoms with van der Waals surface area (Å²) in [5.41, 5.74) is 3.17. The Morgan fingerprint density at radius 1 is 1.50 bits per heavy atom. The Morgan fingerprint density at radius 3 is 3.06 bits per heavy atom. The van der Waals surface area contributed by atoms with Crippen LogP contribution < -0.4 is 0 Å². The Hall–Kier alpha value is -1.84. The fourth-order valence-corrected chi connectivity index (χ4v) is 1.69. The van der Waals surface area contributed by atoms with Crippen molar-refractivity contribution in [1.29, 1.82) is 0 Å². The first-order valence-corrected chi connectivity index (χ1v) is 5.17. The van der Waals surface area contributed by atoms with Crippen molar-refractivity contribution in [2.75, 3.05) is 7.11 Å². The molecule has 0 unspecified atom stereocenters. The number of nitrogens with zero attached hydrogens (tertiary/aromatic N) is 2. The molecule has 0 atom stereocenters. The molecule has 2 aromatic rings. The second kappa shape index (κ2) is 4.35. The average molecular weight is 218 g/mol. The van der Waals surface area contributed by atoms with Crippen LogP contribution in [0, 0.1) is 0 Å². The van der Waals surface area contributed by atoms with Crippen LogP contribution in [0.4, 0.5) is 0 Å². The summed E-state index contributed by atoms with van der Waals surface area (Å²) in [6, 6.07) is 6.06. The zero-order chi connectivity index (χ0) is 11.5. The summed E-state index contributed by atoms with van der Waals surface area (Å²) < 4.78 is 6.58. The van der Waals surface area contributed by atoms with Crippen molar-refractivity contribution in [2.45, 2.75) is 12.8 Å². The van der Waals surface area contributed by atoms with Crippen LogP contribution in [-0.2, 0) is 23.0 Å². The lowest BCUT2D eigenvalue weighted by Gasteiger charge is -2.01. The Morgan fingerprint density at radius 2 is 2.31 bits per heavy atom. The number of rotatable bonds is 3. The predicted molar refractivity (Wildman–Crippen MR) is 61.1 cm³/mol. The van der Waals surface area contributed by atoms with Gasteiger partial charge in [-0.15, -0.1) is 0 Å². The highest BCUT2D eigenvalue weighted by molar-refractivity contribution is 5.76. The number of hydrogen-bond acceptors (Lipinski definition) is 3. The van der Waals surface area contributed by atoms with Gasteiger partial charge in [0.25, 0.3) is 0 Å².